The Morgan fingerprint density at radius 1 is 1.21 bits per heavy atom. The number of benzene rings is 2. The van der Waals surface area contributed by atoms with Gasteiger partial charge in [-0.3, -0.25) is 10.0 Å². The molecule has 2 aromatic carbocycles. The second kappa shape index (κ2) is 8.46. The quantitative estimate of drug-likeness (QED) is 0.399. The number of carbonyl (C=O) groups is 1. The first-order chi connectivity index (χ1) is 13.8. The molecule has 8 nitrogen and oxygen atoms in total. The predicted molar refractivity (Wildman–Crippen MR) is 101 cm³/mol. The Morgan fingerprint density at radius 3 is 2.48 bits per heavy atom. The van der Waals surface area contributed by atoms with Crippen molar-refractivity contribution in [1.82, 2.24) is 10.8 Å². The average molecular weight is 424 g/mol. The highest BCUT2D eigenvalue weighted by molar-refractivity contribution is 7.92. The lowest BCUT2D eigenvalue weighted by Gasteiger charge is -2.37. The number of ether oxygens (including phenoxy) is 1. The van der Waals surface area contributed by atoms with Crippen molar-refractivity contribution in [2.45, 2.75) is 28.8 Å². The summed E-state index contributed by atoms with van der Waals surface area (Å²) in [7, 11) is -4.07. The predicted octanol–water partition coefficient (Wildman–Crippen LogP) is 0.777. The second-order valence-corrected chi connectivity index (χ2v) is 8.88. The SMILES string of the molecule is O=C(NO)C1(O)CNCCC1S(=O)(=O)c1ccc(OCc2ccc(F)cc2)cc1. The van der Waals surface area contributed by atoms with Crippen molar-refractivity contribution < 1.29 is 32.7 Å². The zero-order valence-electron chi connectivity index (χ0n) is 15.3. The van der Waals surface area contributed by atoms with Gasteiger partial charge in [0.25, 0.3) is 5.91 Å². The fourth-order valence-corrected chi connectivity index (χ4v) is 5.21. The Hall–Kier alpha value is -2.53. The van der Waals surface area contributed by atoms with Crippen LogP contribution in [0.2, 0.25) is 0 Å². The van der Waals surface area contributed by atoms with Gasteiger partial charge < -0.3 is 15.2 Å². The number of hydrogen-bond acceptors (Lipinski definition) is 7. The molecule has 156 valence electrons. The molecular weight excluding hydrogens is 403 g/mol. The van der Waals surface area contributed by atoms with Gasteiger partial charge in [0.2, 0.25) is 0 Å². The van der Waals surface area contributed by atoms with Crippen molar-refractivity contribution >= 4 is 15.7 Å². The number of amides is 1. The molecule has 1 aliphatic rings. The standard InChI is InChI=1S/C19H21FN2O6S/c20-14-3-1-13(2-4-14)11-28-15-5-7-16(8-6-15)29(26,27)17-9-10-21-12-19(17,24)18(23)22-25/h1-8,17,21,24-25H,9-12H2,(H,22,23). The number of nitrogens with one attached hydrogen (secondary N) is 2. The number of piperidine rings is 1. The van der Waals surface area contributed by atoms with Gasteiger partial charge in [0.1, 0.15) is 23.4 Å². The molecule has 0 aliphatic carbocycles. The van der Waals surface area contributed by atoms with E-state index in [2.05, 4.69) is 5.32 Å². The monoisotopic (exact) mass is 424 g/mol. The molecule has 1 saturated heterocycles. The summed E-state index contributed by atoms with van der Waals surface area (Å²) in [4.78, 5) is 11.8. The van der Waals surface area contributed by atoms with Crippen molar-refractivity contribution in [3.63, 3.8) is 0 Å². The molecule has 2 unspecified atom stereocenters. The Morgan fingerprint density at radius 2 is 1.86 bits per heavy atom. The van der Waals surface area contributed by atoms with Crippen LogP contribution in [0.25, 0.3) is 0 Å². The minimum Gasteiger partial charge on any atom is -0.489 e. The van der Waals surface area contributed by atoms with Crippen molar-refractivity contribution in [3.8, 4) is 5.75 Å². The molecule has 0 spiro atoms. The summed E-state index contributed by atoms with van der Waals surface area (Å²) in [6.07, 6.45) is -0.00489. The van der Waals surface area contributed by atoms with E-state index in [-0.39, 0.29) is 30.3 Å². The van der Waals surface area contributed by atoms with Gasteiger partial charge >= 0.3 is 0 Å². The van der Waals surface area contributed by atoms with Crippen LogP contribution >= 0.6 is 0 Å². The number of hydroxylamine groups is 1. The molecule has 0 bridgehead atoms. The Bertz CT molecular complexity index is 965. The number of sulfone groups is 1. The first-order valence-corrected chi connectivity index (χ1v) is 10.4. The maximum atomic E-state index is 13.0. The largest absolute Gasteiger partial charge is 0.489 e. The van der Waals surface area contributed by atoms with Crippen molar-refractivity contribution in [1.29, 1.82) is 0 Å². The lowest BCUT2D eigenvalue weighted by atomic mass is 9.93. The fourth-order valence-electron chi connectivity index (χ4n) is 3.24. The summed E-state index contributed by atoms with van der Waals surface area (Å²) in [6.45, 7) is 0.170. The van der Waals surface area contributed by atoms with Crippen LogP contribution in [0.3, 0.4) is 0 Å². The van der Waals surface area contributed by atoms with Crippen LogP contribution in [0.5, 0.6) is 5.75 Å². The zero-order valence-corrected chi connectivity index (χ0v) is 16.2. The van der Waals surface area contributed by atoms with E-state index in [9.17, 15) is 22.7 Å². The summed E-state index contributed by atoms with van der Waals surface area (Å²) in [5.74, 6) is -1.13. The summed E-state index contributed by atoms with van der Waals surface area (Å²) in [5, 5.41) is 20.8. The molecule has 2 aromatic rings. The molecule has 1 heterocycles. The third-order valence-electron chi connectivity index (χ3n) is 4.85. The zero-order chi connectivity index (χ0) is 21.1. The van der Waals surface area contributed by atoms with Gasteiger partial charge in [0.05, 0.1) is 4.90 Å². The molecule has 0 radical (unpaired) electrons. The van der Waals surface area contributed by atoms with Gasteiger partial charge in [-0.05, 0) is 54.9 Å². The van der Waals surface area contributed by atoms with Crippen molar-refractivity contribution in [2.75, 3.05) is 13.1 Å². The summed E-state index contributed by atoms with van der Waals surface area (Å²) >= 11 is 0. The Kier molecular flexibility index (Phi) is 6.18. The van der Waals surface area contributed by atoms with Crippen LogP contribution in [0, 0.1) is 5.82 Å². The molecular formula is C19H21FN2O6S. The molecule has 10 heteroatoms. The van der Waals surface area contributed by atoms with Crippen molar-refractivity contribution in [3.05, 3.63) is 59.9 Å². The lowest BCUT2D eigenvalue weighted by Crippen LogP contribution is -2.65. The van der Waals surface area contributed by atoms with Gasteiger partial charge in [0, 0.05) is 6.54 Å². The molecule has 1 aliphatic heterocycles. The number of aliphatic hydroxyl groups is 1. The van der Waals surface area contributed by atoms with Crippen LogP contribution in [-0.2, 0) is 21.2 Å². The highest BCUT2D eigenvalue weighted by Crippen LogP contribution is 2.30. The first-order valence-electron chi connectivity index (χ1n) is 8.86. The molecule has 0 aromatic heterocycles. The van der Waals surface area contributed by atoms with Gasteiger partial charge in [-0.25, -0.2) is 18.3 Å². The first kappa shape index (κ1) is 21.2. The van der Waals surface area contributed by atoms with E-state index in [1.165, 1.54) is 41.9 Å². The molecule has 1 amide bonds. The van der Waals surface area contributed by atoms with Crippen molar-refractivity contribution in [2.24, 2.45) is 0 Å². The van der Waals surface area contributed by atoms with Gasteiger partial charge in [0.15, 0.2) is 15.4 Å². The minimum atomic E-state index is -4.07. The topological polar surface area (TPSA) is 125 Å². The lowest BCUT2D eigenvalue weighted by molar-refractivity contribution is -0.149. The average Bonchev–Trinajstić information content (AvgIpc) is 2.73. The minimum absolute atomic E-state index is 0.00489. The number of β-amino-alcohol motifs (C(OH)–C–C–N with tert-alkyl or cyclic N) is 1. The number of rotatable bonds is 6. The molecule has 2 atom stereocenters. The fraction of sp³-hybridized carbons (Fsp3) is 0.316. The summed E-state index contributed by atoms with van der Waals surface area (Å²) < 4.78 is 44.5. The normalized spacial score (nSPS) is 22.1. The molecule has 1 fully saturated rings. The van der Waals surface area contributed by atoms with E-state index in [0.717, 1.165) is 5.56 Å². The highest BCUT2D eigenvalue weighted by Gasteiger charge is 2.52. The van der Waals surface area contributed by atoms with Gasteiger partial charge in [-0.15, -0.1) is 0 Å². The maximum absolute atomic E-state index is 13.0. The smallest absolute Gasteiger partial charge is 0.277 e. The van der Waals surface area contributed by atoms with Gasteiger partial charge in [-0.2, -0.15) is 0 Å². The molecule has 4 N–H and O–H groups in total. The van der Waals surface area contributed by atoms with E-state index in [4.69, 9.17) is 9.94 Å². The van der Waals surface area contributed by atoms with E-state index in [0.29, 0.717) is 12.3 Å². The van der Waals surface area contributed by atoms with E-state index >= 15 is 0 Å². The number of carbonyl (C=O) groups excluding carboxylic acids is 1. The van der Waals surface area contributed by atoms with E-state index in [1.807, 2.05) is 0 Å². The third kappa shape index (κ3) is 4.40. The summed E-state index contributed by atoms with van der Waals surface area (Å²) in [5.41, 5.74) is -0.217. The van der Waals surface area contributed by atoms with Gasteiger partial charge in [-0.1, -0.05) is 12.1 Å². The molecule has 29 heavy (non-hydrogen) atoms. The van der Waals surface area contributed by atoms with Crippen LogP contribution in [0.1, 0.15) is 12.0 Å². The summed E-state index contributed by atoms with van der Waals surface area (Å²) in [6, 6.07) is 11.4. The number of halogens is 1. The number of hydrogen-bond donors (Lipinski definition) is 4. The Balaban J connectivity index is 1.76. The third-order valence-corrected chi connectivity index (χ3v) is 7.15. The Labute approximate surface area is 167 Å². The van der Waals surface area contributed by atoms with Crippen LogP contribution in [0.15, 0.2) is 53.4 Å². The van der Waals surface area contributed by atoms with E-state index in [1.54, 1.807) is 12.1 Å². The van der Waals surface area contributed by atoms with E-state index < -0.39 is 26.6 Å². The molecule has 3 rings (SSSR count). The highest BCUT2D eigenvalue weighted by atomic mass is 32.2. The van der Waals surface area contributed by atoms with Crippen LogP contribution in [-0.4, -0.2) is 48.6 Å². The van der Waals surface area contributed by atoms with Crippen LogP contribution in [0.4, 0.5) is 4.39 Å². The maximum Gasteiger partial charge on any atom is 0.277 e. The molecule has 0 saturated carbocycles. The van der Waals surface area contributed by atoms with Crippen LogP contribution < -0.4 is 15.5 Å². The second-order valence-electron chi connectivity index (χ2n) is 6.75.